The topological polar surface area (TPSA) is 94.4 Å². The second-order valence-electron chi connectivity index (χ2n) is 4.34. The van der Waals surface area contributed by atoms with Crippen LogP contribution in [0.4, 0.5) is 0 Å². The van der Waals surface area contributed by atoms with Crippen LogP contribution in [0.15, 0.2) is 32.3 Å². The summed E-state index contributed by atoms with van der Waals surface area (Å²) >= 11 is 0. The molecule has 0 saturated carbocycles. The zero-order valence-electron chi connectivity index (χ0n) is 11.1. The molecule has 7 nitrogen and oxygen atoms in total. The summed E-state index contributed by atoms with van der Waals surface area (Å²) in [6, 6.07) is 2.80. The first-order valence-corrected chi connectivity index (χ1v) is 6.07. The SMILES string of the molecule is CCn1ccc(=O)n(Cc2cc(C)c(C(=O)O)o2)c1=O. The third-order valence-electron chi connectivity index (χ3n) is 2.96. The molecule has 0 bridgehead atoms. The molecule has 20 heavy (non-hydrogen) atoms. The lowest BCUT2D eigenvalue weighted by molar-refractivity contribution is 0.0659. The Balaban J connectivity index is 2.45. The van der Waals surface area contributed by atoms with Crippen LogP contribution in [-0.4, -0.2) is 20.2 Å². The minimum Gasteiger partial charge on any atom is -0.475 e. The van der Waals surface area contributed by atoms with E-state index < -0.39 is 17.2 Å². The zero-order valence-corrected chi connectivity index (χ0v) is 11.1. The van der Waals surface area contributed by atoms with E-state index in [4.69, 9.17) is 9.52 Å². The van der Waals surface area contributed by atoms with Crippen molar-refractivity contribution in [1.82, 2.24) is 9.13 Å². The monoisotopic (exact) mass is 278 g/mol. The number of carboxylic acid groups (broad SMARTS) is 1. The maximum atomic E-state index is 12.0. The van der Waals surface area contributed by atoms with Gasteiger partial charge in [0.05, 0.1) is 6.54 Å². The van der Waals surface area contributed by atoms with Gasteiger partial charge in [-0.05, 0) is 19.9 Å². The number of hydrogen-bond acceptors (Lipinski definition) is 4. The Morgan fingerprint density at radius 2 is 2.10 bits per heavy atom. The van der Waals surface area contributed by atoms with E-state index in [2.05, 4.69) is 0 Å². The molecule has 0 aliphatic carbocycles. The Morgan fingerprint density at radius 3 is 2.65 bits per heavy atom. The standard InChI is InChI=1S/C13H14N2O5/c1-3-14-5-4-10(16)15(13(14)19)7-9-6-8(2)11(20-9)12(17)18/h4-6H,3,7H2,1-2H3,(H,17,18). The van der Waals surface area contributed by atoms with Gasteiger partial charge in [0, 0.05) is 24.4 Å². The van der Waals surface area contributed by atoms with Crippen LogP contribution in [0.1, 0.15) is 28.8 Å². The molecule has 0 aliphatic heterocycles. The summed E-state index contributed by atoms with van der Waals surface area (Å²) in [4.78, 5) is 34.6. The van der Waals surface area contributed by atoms with Crippen molar-refractivity contribution in [2.24, 2.45) is 0 Å². The Hall–Kier alpha value is -2.57. The third-order valence-corrected chi connectivity index (χ3v) is 2.96. The van der Waals surface area contributed by atoms with E-state index in [9.17, 15) is 14.4 Å². The Bertz CT molecular complexity index is 766. The summed E-state index contributed by atoms with van der Waals surface area (Å²) in [6.07, 6.45) is 1.43. The summed E-state index contributed by atoms with van der Waals surface area (Å²) < 4.78 is 7.55. The second kappa shape index (κ2) is 5.20. The molecule has 1 N–H and O–H groups in total. The fourth-order valence-corrected chi connectivity index (χ4v) is 1.94. The molecule has 2 aromatic heterocycles. The van der Waals surface area contributed by atoms with Crippen molar-refractivity contribution < 1.29 is 14.3 Å². The van der Waals surface area contributed by atoms with Crippen LogP contribution in [0.5, 0.6) is 0 Å². The Morgan fingerprint density at radius 1 is 1.40 bits per heavy atom. The van der Waals surface area contributed by atoms with Crippen molar-refractivity contribution in [2.75, 3.05) is 0 Å². The van der Waals surface area contributed by atoms with Crippen molar-refractivity contribution >= 4 is 5.97 Å². The maximum absolute atomic E-state index is 12.0. The quantitative estimate of drug-likeness (QED) is 0.887. The van der Waals surface area contributed by atoms with Gasteiger partial charge in [0.15, 0.2) is 0 Å². The van der Waals surface area contributed by atoms with E-state index in [0.29, 0.717) is 12.1 Å². The summed E-state index contributed by atoms with van der Waals surface area (Å²) in [5.74, 6) is -1.10. The van der Waals surface area contributed by atoms with Crippen molar-refractivity contribution in [3.8, 4) is 0 Å². The van der Waals surface area contributed by atoms with Crippen LogP contribution in [0.3, 0.4) is 0 Å². The number of aromatic nitrogens is 2. The zero-order chi connectivity index (χ0) is 14.9. The highest BCUT2D eigenvalue weighted by molar-refractivity contribution is 5.86. The molecule has 0 fully saturated rings. The van der Waals surface area contributed by atoms with E-state index in [-0.39, 0.29) is 18.1 Å². The minimum absolute atomic E-state index is 0.0906. The van der Waals surface area contributed by atoms with Gasteiger partial charge in [-0.25, -0.2) is 9.59 Å². The maximum Gasteiger partial charge on any atom is 0.372 e. The third kappa shape index (κ3) is 2.42. The van der Waals surface area contributed by atoms with Gasteiger partial charge >= 0.3 is 11.7 Å². The molecule has 7 heteroatoms. The lowest BCUT2D eigenvalue weighted by Crippen LogP contribution is -2.38. The summed E-state index contributed by atoms with van der Waals surface area (Å²) in [6.45, 7) is 3.73. The summed E-state index contributed by atoms with van der Waals surface area (Å²) in [7, 11) is 0. The molecule has 106 valence electrons. The average Bonchev–Trinajstić information content (AvgIpc) is 2.76. The first-order chi connectivity index (χ1) is 9.43. The second-order valence-corrected chi connectivity index (χ2v) is 4.34. The number of furan rings is 1. The molecule has 0 saturated heterocycles. The molecule has 0 amide bonds. The number of carbonyl (C=O) groups is 1. The number of aryl methyl sites for hydroxylation is 2. The lowest BCUT2D eigenvalue weighted by Gasteiger charge is -2.06. The Kier molecular flexibility index (Phi) is 3.60. The molecule has 0 atom stereocenters. The van der Waals surface area contributed by atoms with Crippen LogP contribution < -0.4 is 11.2 Å². The van der Waals surface area contributed by atoms with Gasteiger partial charge in [0.1, 0.15) is 5.76 Å². The number of aromatic carboxylic acids is 1. The van der Waals surface area contributed by atoms with E-state index in [1.165, 1.54) is 22.9 Å². The van der Waals surface area contributed by atoms with Gasteiger partial charge in [-0.1, -0.05) is 0 Å². The highest BCUT2D eigenvalue weighted by atomic mass is 16.4. The van der Waals surface area contributed by atoms with Gasteiger partial charge in [0.2, 0.25) is 5.76 Å². The molecule has 0 radical (unpaired) electrons. The highest BCUT2D eigenvalue weighted by Gasteiger charge is 2.15. The van der Waals surface area contributed by atoms with Gasteiger partial charge in [0.25, 0.3) is 5.56 Å². The number of carboxylic acids is 1. The molecular weight excluding hydrogens is 264 g/mol. The van der Waals surface area contributed by atoms with Crippen LogP contribution in [0.2, 0.25) is 0 Å². The average molecular weight is 278 g/mol. The lowest BCUT2D eigenvalue weighted by atomic mass is 10.2. The van der Waals surface area contributed by atoms with Gasteiger partial charge in [-0.2, -0.15) is 0 Å². The number of nitrogens with zero attached hydrogens (tertiary/aromatic N) is 2. The fraction of sp³-hybridized carbons (Fsp3) is 0.308. The van der Waals surface area contributed by atoms with Gasteiger partial charge < -0.3 is 14.1 Å². The van der Waals surface area contributed by atoms with Crippen LogP contribution in [-0.2, 0) is 13.1 Å². The number of rotatable bonds is 4. The largest absolute Gasteiger partial charge is 0.475 e. The summed E-state index contributed by atoms with van der Waals surface area (Å²) in [5.41, 5.74) is -0.455. The van der Waals surface area contributed by atoms with Crippen LogP contribution in [0, 0.1) is 6.92 Å². The van der Waals surface area contributed by atoms with Gasteiger partial charge in [-0.3, -0.25) is 9.36 Å². The van der Waals surface area contributed by atoms with Crippen molar-refractivity contribution in [1.29, 1.82) is 0 Å². The van der Waals surface area contributed by atoms with Crippen molar-refractivity contribution in [2.45, 2.75) is 26.9 Å². The smallest absolute Gasteiger partial charge is 0.372 e. The minimum atomic E-state index is -1.18. The van der Waals surface area contributed by atoms with Crippen molar-refractivity contribution in [3.05, 3.63) is 56.3 Å². The Labute approximate surface area is 113 Å². The fourth-order valence-electron chi connectivity index (χ4n) is 1.94. The summed E-state index contributed by atoms with van der Waals surface area (Å²) in [5, 5.41) is 8.91. The van der Waals surface area contributed by atoms with E-state index in [1.54, 1.807) is 13.8 Å². The highest BCUT2D eigenvalue weighted by Crippen LogP contribution is 2.14. The molecule has 2 rings (SSSR count). The van der Waals surface area contributed by atoms with Gasteiger partial charge in [-0.15, -0.1) is 0 Å². The van der Waals surface area contributed by atoms with E-state index in [1.807, 2.05) is 0 Å². The predicted molar refractivity (Wildman–Crippen MR) is 70.1 cm³/mol. The molecule has 0 aliphatic rings. The molecule has 0 unspecified atom stereocenters. The van der Waals surface area contributed by atoms with Crippen molar-refractivity contribution in [3.63, 3.8) is 0 Å². The molecular formula is C13H14N2O5. The normalized spacial score (nSPS) is 10.7. The number of hydrogen-bond donors (Lipinski definition) is 1. The first-order valence-electron chi connectivity index (χ1n) is 6.07. The molecule has 2 heterocycles. The van der Waals surface area contributed by atoms with E-state index in [0.717, 1.165) is 4.57 Å². The first kappa shape index (κ1) is 13.9. The van der Waals surface area contributed by atoms with E-state index >= 15 is 0 Å². The predicted octanol–water partition coefficient (Wildman–Crippen LogP) is 0.678. The van der Waals surface area contributed by atoms with Crippen LogP contribution >= 0.6 is 0 Å². The molecule has 2 aromatic rings. The molecule has 0 spiro atoms. The van der Waals surface area contributed by atoms with Crippen LogP contribution in [0.25, 0.3) is 0 Å². The molecule has 0 aromatic carbocycles.